The fourth-order valence-electron chi connectivity index (χ4n) is 4.89. The first-order valence-corrected chi connectivity index (χ1v) is 11.5. The van der Waals surface area contributed by atoms with Gasteiger partial charge in [0.25, 0.3) is 5.91 Å². The van der Waals surface area contributed by atoms with Gasteiger partial charge in [0.05, 0.1) is 17.4 Å². The van der Waals surface area contributed by atoms with Gasteiger partial charge < -0.3 is 5.32 Å². The van der Waals surface area contributed by atoms with Gasteiger partial charge in [-0.25, -0.2) is 0 Å². The van der Waals surface area contributed by atoms with Crippen LogP contribution in [0.3, 0.4) is 0 Å². The first-order valence-electron chi connectivity index (χ1n) is 11.1. The van der Waals surface area contributed by atoms with Crippen molar-refractivity contribution in [3.05, 3.63) is 106 Å². The second-order valence-electron chi connectivity index (χ2n) is 9.47. The maximum Gasteiger partial charge on any atom is 0.259 e. The molecule has 1 atom stereocenters. The zero-order valence-electron chi connectivity index (χ0n) is 18.6. The zero-order valence-corrected chi connectivity index (χ0v) is 19.4. The standard InChI is InChI=1S/C28H25ClN2O2/c1-28(2)16-22-25(24(32)17-28)26(18-12-14-20(29)15-13-18)31(23-11-7-6-10-21(23)30-22)27(33)19-8-4-3-5-9-19/h3-15,26,30H,16-17H2,1-2H3. The van der Waals surface area contributed by atoms with Gasteiger partial charge in [-0.2, -0.15) is 0 Å². The quantitative estimate of drug-likeness (QED) is 0.461. The van der Waals surface area contributed by atoms with Gasteiger partial charge >= 0.3 is 0 Å². The fourth-order valence-corrected chi connectivity index (χ4v) is 5.02. The number of carbonyl (C=O) groups excluding carboxylic acids is 2. The minimum atomic E-state index is -0.565. The van der Waals surface area contributed by atoms with Crippen LogP contribution in [0.15, 0.2) is 90.1 Å². The van der Waals surface area contributed by atoms with E-state index in [0.29, 0.717) is 22.6 Å². The summed E-state index contributed by atoms with van der Waals surface area (Å²) >= 11 is 6.19. The summed E-state index contributed by atoms with van der Waals surface area (Å²) in [6, 6.07) is 23.8. The Hall–Kier alpha value is -3.37. The molecule has 4 nitrogen and oxygen atoms in total. The smallest absolute Gasteiger partial charge is 0.259 e. The van der Waals surface area contributed by atoms with Crippen LogP contribution in [0.4, 0.5) is 11.4 Å². The van der Waals surface area contributed by atoms with E-state index >= 15 is 0 Å². The molecule has 5 rings (SSSR count). The number of ketones is 1. The van der Waals surface area contributed by atoms with Crippen LogP contribution in [-0.2, 0) is 4.79 Å². The van der Waals surface area contributed by atoms with E-state index in [1.807, 2.05) is 78.9 Å². The fraction of sp³-hybridized carbons (Fsp3) is 0.214. The van der Waals surface area contributed by atoms with E-state index in [1.54, 1.807) is 4.90 Å². The zero-order chi connectivity index (χ0) is 23.2. The Kier molecular flexibility index (Phi) is 5.34. The van der Waals surface area contributed by atoms with Gasteiger partial charge in [-0.05, 0) is 53.8 Å². The lowest BCUT2D eigenvalue weighted by Crippen LogP contribution is -2.39. The molecule has 3 aromatic carbocycles. The molecule has 1 N–H and O–H groups in total. The van der Waals surface area contributed by atoms with Crippen molar-refractivity contribution in [2.24, 2.45) is 5.41 Å². The number of nitrogens with zero attached hydrogens (tertiary/aromatic N) is 1. The summed E-state index contributed by atoms with van der Waals surface area (Å²) in [7, 11) is 0. The van der Waals surface area contributed by atoms with E-state index in [4.69, 9.17) is 11.6 Å². The van der Waals surface area contributed by atoms with Crippen molar-refractivity contribution in [1.29, 1.82) is 0 Å². The molecule has 1 amide bonds. The maximum atomic E-state index is 14.0. The molecule has 0 saturated heterocycles. The third-order valence-electron chi connectivity index (χ3n) is 6.33. The number of benzene rings is 3. The lowest BCUT2D eigenvalue weighted by molar-refractivity contribution is -0.118. The molecule has 0 saturated carbocycles. The first-order chi connectivity index (χ1) is 15.8. The van der Waals surface area contributed by atoms with Gasteiger partial charge in [0.2, 0.25) is 0 Å². The van der Waals surface area contributed by atoms with Gasteiger partial charge in [0.1, 0.15) is 0 Å². The number of Topliss-reactive ketones (excluding diaryl/α,β-unsaturated/α-hetero) is 1. The van der Waals surface area contributed by atoms with Crippen molar-refractivity contribution < 1.29 is 9.59 Å². The first kappa shape index (κ1) is 21.5. The number of anilines is 2. The summed E-state index contributed by atoms with van der Waals surface area (Å²) in [6.45, 7) is 4.22. The highest BCUT2D eigenvalue weighted by atomic mass is 35.5. The lowest BCUT2D eigenvalue weighted by Gasteiger charge is -2.37. The molecule has 33 heavy (non-hydrogen) atoms. The van der Waals surface area contributed by atoms with Crippen molar-refractivity contribution in [2.75, 3.05) is 10.2 Å². The van der Waals surface area contributed by atoms with E-state index in [2.05, 4.69) is 19.2 Å². The molecule has 3 aromatic rings. The number of amides is 1. The van der Waals surface area contributed by atoms with Crippen molar-refractivity contribution in [1.82, 2.24) is 0 Å². The van der Waals surface area contributed by atoms with E-state index < -0.39 is 6.04 Å². The van der Waals surface area contributed by atoms with Crippen molar-refractivity contribution >= 4 is 34.7 Å². The maximum absolute atomic E-state index is 14.0. The highest BCUT2D eigenvalue weighted by molar-refractivity contribution is 6.30. The summed E-state index contributed by atoms with van der Waals surface area (Å²) in [5.74, 6) is -0.0939. The third kappa shape index (κ3) is 3.96. The van der Waals surface area contributed by atoms with Crippen LogP contribution in [-0.4, -0.2) is 11.7 Å². The van der Waals surface area contributed by atoms with Crippen LogP contribution < -0.4 is 10.2 Å². The number of rotatable bonds is 2. The topological polar surface area (TPSA) is 49.4 Å². The molecular formula is C28H25ClN2O2. The summed E-state index contributed by atoms with van der Waals surface area (Å²) in [4.78, 5) is 29.4. The Morgan fingerprint density at radius 2 is 1.61 bits per heavy atom. The Morgan fingerprint density at radius 1 is 0.939 bits per heavy atom. The van der Waals surface area contributed by atoms with Crippen LogP contribution in [0, 0.1) is 5.41 Å². The Labute approximate surface area is 198 Å². The summed E-state index contributed by atoms with van der Waals surface area (Å²) < 4.78 is 0. The molecule has 5 heteroatoms. The van der Waals surface area contributed by atoms with Crippen LogP contribution in [0.5, 0.6) is 0 Å². The minimum Gasteiger partial charge on any atom is -0.357 e. The second-order valence-corrected chi connectivity index (χ2v) is 9.91. The largest absolute Gasteiger partial charge is 0.357 e. The van der Waals surface area contributed by atoms with Crippen LogP contribution >= 0.6 is 11.6 Å². The van der Waals surface area contributed by atoms with Gasteiger partial charge in [-0.3, -0.25) is 14.5 Å². The lowest BCUT2D eigenvalue weighted by atomic mass is 9.73. The molecule has 1 aliphatic heterocycles. The number of para-hydroxylation sites is 2. The Bertz CT molecular complexity index is 1260. The summed E-state index contributed by atoms with van der Waals surface area (Å²) in [5, 5.41) is 4.14. The molecule has 0 bridgehead atoms. The van der Waals surface area contributed by atoms with Crippen LogP contribution in [0.2, 0.25) is 5.02 Å². The normalized spacial score (nSPS) is 19.3. The highest BCUT2D eigenvalue weighted by Gasteiger charge is 2.43. The number of hydrogen-bond donors (Lipinski definition) is 1. The predicted octanol–water partition coefficient (Wildman–Crippen LogP) is 6.80. The molecule has 1 heterocycles. The van der Waals surface area contributed by atoms with E-state index in [-0.39, 0.29) is 17.1 Å². The van der Waals surface area contributed by atoms with E-state index in [1.165, 1.54) is 0 Å². The molecule has 1 aliphatic carbocycles. The van der Waals surface area contributed by atoms with Crippen molar-refractivity contribution in [2.45, 2.75) is 32.7 Å². The molecule has 2 aliphatic rings. The van der Waals surface area contributed by atoms with Crippen molar-refractivity contribution in [3.8, 4) is 0 Å². The number of carbonyl (C=O) groups is 2. The number of hydrogen-bond acceptors (Lipinski definition) is 3. The Balaban J connectivity index is 1.79. The van der Waals surface area contributed by atoms with E-state index in [0.717, 1.165) is 29.1 Å². The summed E-state index contributed by atoms with van der Waals surface area (Å²) in [6.07, 6.45) is 1.15. The van der Waals surface area contributed by atoms with Crippen LogP contribution in [0.1, 0.15) is 48.7 Å². The monoisotopic (exact) mass is 456 g/mol. The Morgan fingerprint density at radius 3 is 2.33 bits per heavy atom. The number of nitrogens with one attached hydrogen (secondary N) is 1. The highest BCUT2D eigenvalue weighted by Crippen LogP contribution is 2.48. The van der Waals surface area contributed by atoms with Crippen molar-refractivity contribution in [3.63, 3.8) is 0 Å². The van der Waals surface area contributed by atoms with Gasteiger partial charge in [-0.15, -0.1) is 0 Å². The van der Waals surface area contributed by atoms with Gasteiger partial charge in [-0.1, -0.05) is 67.9 Å². The molecule has 0 aromatic heterocycles. The average Bonchev–Trinajstić information content (AvgIpc) is 2.93. The molecule has 0 spiro atoms. The number of halogens is 1. The average molecular weight is 457 g/mol. The molecule has 0 radical (unpaired) electrons. The summed E-state index contributed by atoms with van der Waals surface area (Å²) in [5.41, 5.74) is 4.34. The predicted molar refractivity (Wildman–Crippen MR) is 133 cm³/mol. The third-order valence-corrected chi connectivity index (χ3v) is 6.58. The second kappa shape index (κ2) is 8.20. The molecule has 1 unspecified atom stereocenters. The van der Waals surface area contributed by atoms with Gasteiger partial charge in [0.15, 0.2) is 5.78 Å². The van der Waals surface area contributed by atoms with E-state index in [9.17, 15) is 9.59 Å². The number of allylic oxidation sites excluding steroid dienone is 1. The minimum absolute atomic E-state index is 0.0624. The molecular weight excluding hydrogens is 432 g/mol. The number of fused-ring (bicyclic) bond motifs is 1. The molecule has 0 fully saturated rings. The molecule has 166 valence electrons. The van der Waals surface area contributed by atoms with Gasteiger partial charge in [0, 0.05) is 28.3 Å². The van der Waals surface area contributed by atoms with Crippen LogP contribution in [0.25, 0.3) is 0 Å². The SMILES string of the molecule is CC1(C)CC(=O)C2=C(C1)Nc1ccccc1N(C(=O)c1ccccc1)C2c1ccc(Cl)cc1.